The van der Waals surface area contributed by atoms with Crippen LogP contribution in [0.25, 0.3) is 0 Å². The van der Waals surface area contributed by atoms with Crippen LogP contribution in [0.4, 0.5) is 0 Å². The van der Waals surface area contributed by atoms with Gasteiger partial charge in [0.05, 0.1) is 32.1 Å². The van der Waals surface area contributed by atoms with Gasteiger partial charge in [0.2, 0.25) is 5.78 Å². The summed E-state index contributed by atoms with van der Waals surface area (Å²) in [5.74, 6) is -0.0191. The van der Waals surface area contributed by atoms with Gasteiger partial charge in [0.15, 0.2) is 0 Å². The normalized spacial score (nSPS) is 10.7. The first-order chi connectivity index (χ1) is 8.25. The number of carbonyl (C=O) groups is 1. The Morgan fingerprint density at radius 2 is 1.94 bits per heavy atom. The Morgan fingerprint density at radius 3 is 2.59 bits per heavy atom. The fraction of sp³-hybridized carbons (Fsp3) is 0.583. The molecular formula is C12H19NO4. The third kappa shape index (κ3) is 5.12. The van der Waals surface area contributed by atoms with Gasteiger partial charge in [-0.05, 0) is 12.1 Å². The first-order valence-electron chi connectivity index (χ1n) is 5.54. The topological polar surface area (TPSA) is 49.7 Å². The Balaban J connectivity index is 2.07. The predicted octanol–water partition coefficient (Wildman–Crippen LogP) is 0.887. The minimum Gasteiger partial charge on any atom is -0.382 e. The van der Waals surface area contributed by atoms with E-state index in [9.17, 15) is 4.79 Å². The quantitative estimate of drug-likeness (QED) is 0.476. The van der Waals surface area contributed by atoms with Crippen molar-refractivity contribution in [3.63, 3.8) is 0 Å². The van der Waals surface area contributed by atoms with Gasteiger partial charge in [-0.3, -0.25) is 4.79 Å². The standard InChI is InChI=1S/C12H19NO4/c1-13-5-3-4-11(13)12(14)10-17-9-8-16-7-6-15-2/h3-5H,6-10H2,1-2H3. The van der Waals surface area contributed by atoms with E-state index in [2.05, 4.69) is 0 Å². The second-order valence-corrected chi connectivity index (χ2v) is 3.59. The molecule has 0 saturated heterocycles. The van der Waals surface area contributed by atoms with Gasteiger partial charge in [-0.25, -0.2) is 0 Å². The van der Waals surface area contributed by atoms with Gasteiger partial charge >= 0.3 is 0 Å². The summed E-state index contributed by atoms with van der Waals surface area (Å²) >= 11 is 0. The number of methoxy groups -OCH3 is 1. The molecular weight excluding hydrogens is 222 g/mol. The molecule has 1 rings (SSSR count). The van der Waals surface area contributed by atoms with Crippen molar-refractivity contribution in [1.29, 1.82) is 0 Å². The Hall–Kier alpha value is -1.17. The van der Waals surface area contributed by atoms with Gasteiger partial charge in [-0.2, -0.15) is 0 Å². The molecule has 5 heteroatoms. The van der Waals surface area contributed by atoms with E-state index in [4.69, 9.17) is 14.2 Å². The summed E-state index contributed by atoms with van der Waals surface area (Å²) in [7, 11) is 3.46. The lowest BCUT2D eigenvalue weighted by Crippen LogP contribution is -2.15. The van der Waals surface area contributed by atoms with Crippen LogP contribution in [0.3, 0.4) is 0 Å². The number of hydrogen-bond acceptors (Lipinski definition) is 4. The monoisotopic (exact) mass is 241 g/mol. The molecule has 0 amide bonds. The zero-order valence-electron chi connectivity index (χ0n) is 10.3. The third-order valence-electron chi connectivity index (χ3n) is 2.27. The SMILES string of the molecule is COCCOCCOCC(=O)c1cccn1C. The van der Waals surface area contributed by atoms with Crippen LogP contribution >= 0.6 is 0 Å². The fourth-order valence-corrected chi connectivity index (χ4v) is 1.35. The lowest BCUT2D eigenvalue weighted by atomic mass is 10.3. The smallest absolute Gasteiger partial charge is 0.204 e. The summed E-state index contributed by atoms with van der Waals surface area (Å²) < 4.78 is 17.0. The van der Waals surface area contributed by atoms with Gasteiger partial charge in [0, 0.05) is 20.4 Å². The first-order valence-corrected chi connectivity index (χ1v) is 5.54. The Labute approximate surface area is 101 Å². The highest BCUT2D eigenvalue weighted by molar-refractivity contribution is 5.95. The molecule has 17 heavy (non-hydrogen) atoms. The second-order valence-electron chi connectivity index (χ2n) is 3.59. The van der Waals surface area contributed by atoms with Gasteiger partial charge < -0.3 is 18.8 Å². The second kappa shape index (κ2) is 8.00. The van der Waals surface area contributed by atoms with Gasteiger partial charge in [0.1, 0.15) is 6.61 Å². The van der Waals surface area contributed by atoms with E-state index >= 15 is 0 Å². The predicted molar refractivity (Wildman–Crippen MR) is 63.3 cm³/mol. The van der Waals surface area contributed by atoms with Crippen molar-refractivity contribution in [1.82, 2.24) is 4.57 Å². The van der Waals surface area contributed by atoms with E-state index in [1.54, 1.807) is 17.7 Å². The maximum absolute atomic E-state index is 11.7. The van der Waals surface area contributed by atoms with Crippen LogP contribution < -0.4 is 0 Å². The van der Waals surface area contributed by atoms with E-state index in [0.717, 1.165) is 0 Å². The summed E-state index contributed by atoms with van der Waals surface area (Å²) in [6.45, 7) is 2.10. The average Bonchev–Trinajstić information content (AvgIpc) is 2.74. The zero-order valence-corrected chi connectivity index (χ0v) is 10.3. The lowest BCUT2D eigenvalue weighted by molar-refractivity contribution is 0.0251. The number of hydrogen-bond donors (Lipinski definition) is 0. The zero-order chi connectivity index (χ0) is 12.5. The maximum atomic E-state index is 11.7. The molecule has 0 aliphatic carbocycles. The molecule has 0 aliphatic heterocycles. The van der Waals surface area contributed by atoms with Crippen molar-refractivity contribution in [2.24, 2.45) is 7.05 Å². The molecule has 0 N–H and O–H groups in total. The number of aromatic nitrogens is 1. The Bertz CT molecular complexity index is 335. The summed E-state index contributed by atoms with van der Waals surface area (Å²) in [5, 5.41) is 0. The van der Waals surface area contributed by atoms with Crippen LogP contribution in [0, 0.1) is 0 Å². The molecule has 5 nitrogen and oxygen atoms in total. The molecule has 0 saturated carbocycles. The van der Waals surface area contributed by atoms with E-state index in [1.165, 1.54) is 0 Å². The summed E-state index contributed by atoms with van der Waals surface area (Å²) in [4.78, 5) is 11.7. The van der Waals surface area contributed by atoms with Crippen molar-refractivity contribution >= 4 is 5.78 Å². The highest BCUT2D eigenvalue weighted by atomic mass is 16.5. The third-order valence-corrected chi connectivity index (χ3v) is 2.27. The maximum Gasteiger partial charge on any atom is 0.204 e. The van der Waals surface area contributed by atoms with Crippen molar-refractivity contribution in [3.05, 3.63) is 24.0 Å². The number of Topliss-reactive ketones (excluding diaryl/α,β-unsaturated/α-hetero) is 1. The van der Waals surface area contributed by atoms with E-state index in [-0.39, 0.29) is 12.4 Å². The minimum absolute atomic E-state index is 0.0191. The summed E-state index contributed by atoms with van der Waals surface area (Å²) in [6, 6.07) is 3.61. The van der Waals surface area contributed by atoms with E-state index in [0.29, 0.717) is 32.1 Å². The molecule has 0 radical (unpaired) electrons. The number of nitrogens with zero attached hydrogens (tertiary/aromatic N) is 1. The molecule has 0 fully saturated rings. The van der Waals surface area contributed by atoms with Crippen LogP contribution in [0.1, 0.15) is 10.5 Å². The molecule has 0 atom stereocenters. The molecule has 0 spiro atoms. The molecule has 0 bridgehead atoms. The van der Waals surface area contributed by atoms with Crippen LogP contribution in [0.2, 0.25) is 0 Å². The molecule has 0 aromatic carbocycles. The molecule has 1 heterocycles. The van der Waals surface area contributed by atoms with Crippen molar-refractivity contribution < 1.29 is 19.0 Å². The average molecular weight is 241 g/mol. The Morgan fingerprint density at radius 1 is 1.24 bits per heavy atom. The number of ether oxygens (including phenoxy) is 3. The summed E-state index contributed by atoms with van der Waals surface area (Å²) in [5.41, 5.74) is 0.658. The van der Waals surface area contributed by atoms with Crippen LogP contribution in [0.15, 0.2) is 18.3 Å². The van der Waals surface area contributed by atoms with Crippen LogP contribution in [-0.4, -0.2) is 50.5 Å². The van der Waals surface area contributed by atoms with E-state index < -0.39 is 0 Å². The number of carbonyl (C=O) groups excluding carboxylic acids is 1. The number of ketones is 1. The molecule has 0 unspecified atom stereocenters. The van der Waals surface area contributed by atoms with E-state index in [1.807, 2.05) is 19.3 Å². The van der Waals surface area contributed by atoms with Crippen molar-refractivity contribution in [2.75, 3.05) is 40.1 Å². The van der Waals surface area contributed by atoms with Gasteiger partial charge in [-0.1, -0.05) is 0 Å². The molecule has 1 aromatic rings. The number of rotatable bonds is 9. The van der Waals surface area contributed by atoms with Crippen molar-refractivity contribution in [2.45, 2.75) is 0 Å². The fourth-order valence-electron chi connectivity index (χ4n) is 1.35. The van der Waals surface area contributed by atoms with Gasteiger partial charge in [0.25, 0.3) is 0 Å². The molecule has 1 aromatic heterocycles. The molecule has 96 valence electrons. The van der Waals surface area contributed by atoms with Crippen molar-refractivity contribution in [3.8, 4) is 0 Å². The summed E-state index contributed by atoms with van der Waals surface area (Å²) in [6.07, 6.45) is 1.83. The lowest BCUT2D eigenvalue weighted by Gasteiger charge is -2.05. The molecule has 0 aliphatic rings. The highest BCUT2D eigenvalue weighted by Crippen LogP contribution is 2.00. The van der Waals surface area contributed by atoms with Gasteiger partial charge in [-0.15, -0.1) is 0 Å². The minimum atomic E-state index is -0.0191. The largest absolute Gasteiger partial charge is 0.382 e. The number of aryl methyl sites for hydroxylation is 1. The van der Waals surface area contributed by atoms with Crippen LogP contribution in [-0.2, 0) is 21.3 Å². The Kier molecular flexibility index (Phi) is 6.54. The first kappa shape index (κ1) is 13.9. The highest BCUT2D eigenvalue weighted by Gasteiger charge is 2.08. The van der Waals surface area contributed by atoms with Crippen LogP contribution in [0.5, 0.6) is 0 Å².